The fourth-order valence-corrected chi connectivity index (χ4v) is 5.42. The Morgan fingerprint density at radius 3 is 1.39 bits per heavy atom. The monoisotopic (exact) mass is 610 g/mol. The third kappa shape index (κ3) is 4.53. The van der Waals surface area contributed by atoms with Gasteiger partial charge in [-0.05, 0) is 6.07 Å². The lowest BCUT2D eigenvalue weighted by atomic mass is 10.00. The van der Waals surface area contributed by atoms with Gasteiger partial charge in [0.15, 0.2) is 0 Å². The van der Waals surface area contributed by atoms with Gasteiger partial charge in [0.2, 0.25) is 0 Å². The molecular weight excluding hydrogens is 611 g/mol. The number of halogens is 10. The first kappa shape index (κ1) is 25.6. The van der Waals surface area contributed by atoms with Crippen LogP contribution in [-0.2, 0) is 6.42 Å². The highest BCUT2D eigenvalue weighted by Gasteiger charge is 2.25. The molecule has 0 N–H and O–H groups in total. The van der Waals surface area contributed by atoms with E-state index in [0.717, 1.165) is 0 Å². The maximum Gasteiger partial charge on any atom is 0.0809 e. The van der Waals surface area contributed by atoms with Crippen molar-refractivity contribution in [3.05, 3.63) is 68.1 Å². The molecule has 2 nitrogen and oxygen atoms in total. The van der Waals surface area contributed by atoms with Crippen molar-refractivity contribution >= 4 is 116 Å². The molecule has 160 valence electrons. The molecule has 0 saturated heterocycles. The minimum Gasteiger partial charge on any atom is -0.251 e. The molecule has 1 heterocycles. The van der Waals surface area contributed by atoms with Gasteiger partial charge in [0.1, 0.15) is 0 Å². The molecule has 12 heteroatoms. The second-order valence-electron chi connectivity index (χ2n) is 5.92. The smallest absolute Gasteiger partial charge is 0.0809 e. The average molecular weight is 615 g/mol. The van der Waals surface area contributed by atoms with Crippen molar-refractivity contribution in [3.63, 3.8) is 0 Å². The first-order valence-corrected chi connectivity index (χ1v) is 11.7. The van der Waals surface area contributed by atoms with Crippen molar-refractivity contribution in [1.29, 1.82) is 5.26 Å². The molecular formula is C19H4Cl10N2. The zero-order valence-corrected chi connectivity index (χ0v) is 22.1. The van der Waals surface area contributed by atoms with Gasteiger partial charge >= 0.3 is 0 Å². The molecule has 1 aromatic heterocycles. The van der Waals surface area contributed by atoms with Crippen LogP contribution >= 0.6 is 116 Å². The summed E-state index contributed by atoms with van der Waals surface area (Å²) in [6.07, 6.45) is -0.113. The molecule has 0 radical (unpaired) electrons. The lowest BCUT2D eigenvalue weighted by Crippen LogP contribution is -1.99. The number of hydrogen-bond acceptors (Lipinski definition) is 2. The highest BCUT2D eigenvalue weighted by atomic mass is 35.5. The zero-order chi connectivity index (χ0) is 23.2. The molecule has 0 spiro atoms. The molecule has 2 aromatic carbocycles. The summed E-state index contributed by atoms with van der Waals surface area (Å²) in [4.78, 5) is 4.52. The summed E-state index contributed by atoms with van der Waals surface area (Å²) in [6, 6.07) is 5.23. The van der Waals surface area contributed by atoms with Gasteiger partial charge in [-0.25, -0.2) is 0 Å². The van der Waals surface area contributed by atoms with Gasteiger partial charge in [-0.15, -0.1) is 0 Å². The third-order valence-electron chi connectivity index (χ3n) is 4.17. The van der Waals surface area contributed by atoms with Crippen LogP contribution in [0.3, 0.4) is 0 Å². The largest absolute Gasteiger partial charge is 0.251 e. The molecule has 0 aliphatic rings. The second-order valence-corrected chi connectivity index (χ2v) is 9.70. The number of benzene rings is 2. The van der Waals surface area contributed by atoms with E-state index < -0.39 is 0 Å². The minimum atomic E-state index is -0.113. The van der Waals surface area contributed by atoms with Crippen LogP contribution in [0.15, 0.2) is 12.1 Å². The van der Waals surface area contributed by atoms with E-state index in [-0.39, 0.29) is 67.8 Å². The molecule has 3 aromatic rings. The van der Waals surface area contributed by atoms with Crippen LogP contribution < -0.4 is 0 Å². The fraction of sp³-hybridized carbons (Fsp3) is 0.0526. The minimum absolute atomic E-state index is 0.0116. The zero-order valence-electron chi connectivity index (χ0n) is 14.5. The van der Waals surface area contributed by atoms with E-state index in [4.69, 9.17) is 116 Å². The molecule has 0 aliphatic heterocycles. The van der Waals surface area contributed by atoms with Crippen LogP contribution in [0.4, 0.5) is 0 Å². The summed E-state index contributed by atoms with van der Waals surface area (Å²) in [6.45, 7) is 0. The van der Waals surface area contributed by atoms with Crippen LogP contribution in [0.25, 0.3) is 22.4 Å². The summed E-state index contributed by atoms with van der Waals surface area (Å²) in [7, 11) is 0. The number of rotatable bonds is 3. The molecule has 31 heavy (non-hydrogen) atoms. The van der Waals surface area contributed by atoms with Gasteiger partial charge in [0.05, 0.1) is 74.1 Å². The van der Waals surface area contributed by atoms with E-state index in [1.165, 1.54) is 0 Å². The molecule has 0 fully saturated rings. The maximum atomic E-state index is 9.34. The van der Waals surface area contributed by atoms with Crippen LogP contribution in [0, 0.1) is 11.3 Å². The van der Waals surface area contributed by atoms with Gasteiger partial charge in [-0.1, -0.05) is 122 Å². The van der Waals surface area contributed by atoms with E-state index in [0.29, 0.717) is 17.0 Å². The summed E-state index contributed by atoms with van der Waals surface area (Å²) in [5.41, 5.74) is 1.53. The summed E-state index contributed by atoms with van der Waals surface area (Å²) in [5, 5.41) is 9.65. The van der Waals surface area contributed by atoms with Gasteiger partial charge in [0, 0.05) is 16.7 Å². The number of nitrogens with zero attached hydrogens (tertiary/aromatic N) is 2. The van der Waals surface area contributed by atoms with Crippen LogP contribution in [0.2, 0.25) is 50.2 Å². The SMILES string of the molecule is N#CCc1nc(-c2c(Cl)c(Cl)c(Cl)c(Cl)c2Cl)ccc1-c1c(Cl)c(Cl)c(Cl)c(Cl)c1Cl. The van der Waals surface area contributed by atoms with Gasteiger partial charge in [0.25, 0.3) is 0 Å². The van der Waals surface area contributed by atoms with E-state index in [1.54, 1.807) is 12.1 Å². The fourth-order valence-electron chi connectivity index (χ4n) is 2.75. The number of hydrogen-bond donors (Lipinski definition) is 0. The quantitative estimate of drug-likeness (QED) is 0.217. The predicted octanol–water partition coefficient (Wildman–Crippen LogP) is 11.0. The highest BCUT2D eigenvalue weighted by molar-refractivity contribution is 6.57. The molecule has 0 bridgehead atoms. The van der Waals surface area contributed by atoms with E-state index in [9.17, 15) is 5.26 Å². The van der Waals surface area contributed by atoms with Crippen molar-refractivity contribution in [2.45, 2.75) is 6.42 Å². The van der Waals surface area contributed by atoms with Gasteiger partial charge in [-0.3, -0.25) is 4.98 Å². The molecule has 0 atom stereocenters. The first-order valence-electron chi connectivity index (χ1n) is 7.93. The molecule has 3 rings (SSSR count). The number of pyridine rings is 1. The Kier molecular flexibility index (Phi) is 8.32. The Morgan fingerprint density at radius 1 is 0.581 bits per heavy atom. The van der Waals surface area contributed by atoms with Crippen molar-refractivity contribution < 1.29 is 0 Å². The van der Waals surface area contributed by atoms with E-state index in [2.05, 4.69) is 4.98 Å². The summed E-state index contributed by atoms with van der Waals surface area (Å²) >= 11 is 62.3. The van der Waals surface area contributed by atoms with Crippen molar-refractivity contribution in [1.82, 2.24) is 4.98 Å². The van der Waals surface area contributed by atoms with Crippen molar-refractivity contribution in [2.24, 2.45) is 0 Å². The standard InChI is InChI=1S/C19H4Cl10N2/c20-10-8(11(21)15(25)18(28)14(10)24)5-1-2-7(31-6(5)3-4-30)9-12(22)16(26)19(29)17(27)13(9)23/h1-2H,3H2. The van der Waals surface area contributed by atoms with E-state index >= 15 is 0 Å². The molecule has 0 unspecified atom stereocenters. The topological polar surface area (TPSA) is 36.7 Å². The Hall–Kier alpha value is -0.0200. The lowest BCUT2D eigenvalue weighted by molar-refractivity contribution is 1.12. The predicted molar refractivity (Wildman–Crippen MR) is 135 cm³/mol. The van der Waals surface area contributed by atoms with Gasteiger partial charge in [-0.2, -0.15) is 5.26 Å². The van der Waals surface area contributed by atoms with E-state index in [1.807, 2.05) is 6.07 Å². The Labute approximate surface area is 227 Å². The van der Waals surface area contributed by atoms with Crippen LogP contribution in [0.5, 0.6) is 0 Å². The molecule has 0 saturated carbocycles. The Bertz CT molecular complexity index is 1220. The Balaban J connectivity index is 2.34. The second kappa shape index (κ2) is 10.1. The maximum absolute atomic E-state index is 9.34. The van der Waals surface area contributed by atoms with Crippen LogP contribution in [-0.4, -0.2) is 4.98 Å². The van der Waals surface area contributed by atoms with Crippen molar-refractivity contribution in [2.75, 3.05) is 0 Å². The Morgan fingerprint density at radius 2 is 0.968 bits per heavy atom. The average Bonchev–Trinajstić information content (AvgIpc) is 2.75. The first-order chi connectivity index (χ1) is 14.5. The normalized spacial score (nSPS) is 11.0. The molecule has 0 amide bonds. The number of nitriles is 1. The highest BCUT2D eigenvalue weighted by Crippen LogP contribution is 2.50. The summed E-state index contributed by atoms with van der Waals surface area (Å²) < 4.78 is 0. The summed E-state index contributed by atoms with van der Waals surface area (Å²) in [5.74, 6) is 0. The van der Waals surface area contributed by atoms with Gasteiger partial charge < -0.3 is 0 Å². The van der Waals surface area contributed by atoms with Crippen LogP contribution in [0.1, 0.15) is 5.69 Å². The molecule has 0 aliphatic carbocycles. The van der Waals surface area contributed by atoms with Crippen molar-refractivity contribution in [3.8, 4) is 28.5 Å². The number of aromatic nitrogens is 1. The third-order valence-corrected chi connectivity index (χ3v) is 8.72. The lowest BCUT2D eigenvalue weighted by Gasteiger charge is -2.17.